The molecule has 1 aliphatic heterocycles. The van der Waals surface area contributed by atoms with E-state index in [-0.39, 0.29) is 17.4 Å². The molecule has 1 heterocycles. The van der Waals surface area contributed by atoms with Gasteiger partial charge in [0.1, 0.15) is 0 Å². The van der Waals surface area contributed by atoms with Crippen molar-refractivity contribution in [1.82, 2.24) is 15.5 Å². The quantitative estimate of drug-likeness (QED) is 0.762. The number of morpholine rings is 1. The lowest BCUT2D eigenvalue weighted by Gasteiger charge is -2.48. The molecule has 2 fully saturated rings. The molecule has 0 bridgehead atoms. The van der Waals surface area contributed by atoms with Crippen LogP contribution >= 0.6 is 0 Å². The Balaban J connectivity index is 1.79. The van der Waals surface area contributed by atoms with Gasteiger partial charge in [0.05, 0.1) is 13.2 Å². The zero-order valence-electron chi connectivity index (χ0n) is 16.2. The fraction of sp³-hybridized carbons (Fsp3) is 0.895. The Bertz CT molecular complexity index is 447. The number of hydrogen-bond donors (Lipinski definition) is 2. The van der Waals surface area contributed by atoms with Crippen LogP contribution < -0.4 is 10.6 Å². The fourth-order valence-electron chi connectivity index (χ4n) is 3.76. The molecule has 0 spiro atoms. The van der Waals surface area contributed by atoms with Crippen LogP contribution in [0.2, 0.25) is 0 Å². The van der Waals surface area contributed by atoms with Gasteiger partial charge in [-0.3, -0.25) is 14.5 Å². The van der Waals surface area contributed by atoms with E-state index in [1.54, 1.807) is 0 Å². The molecule has 6 heteroatoms. The van der Waals surface area contributed by atoms with E-state index >= 15 is 0 Å². The molecule has 1 saturated heterocycles. The standard InChI is InChI=1S/C19H35N3O3/c1-18(2,3)17(24)20-10-7-16(23)21-15-19(8-5-4-6-9-19)22-11-13-25-14-12-22/h4-15H2,1-3H3,(H,20,24)(H,21,23). The molecule has 1 saturated carbocycles. The van der Waals surface area contributed by atoms with Crippen molar-refractivity contribution in [2.75, 3.05) is 39.4 Å². The van der Waals surface area contributed by atoms with Crippen molar-refractivity contribution in [3.63, 3.8) is 0 Å². The van der Waals surface area contributed by atoms with Gasteiger partial charge in [-0.25, -0.2) is 0 Å². The fourth-order valence-corrected chi connectivity index (χ4v) is 3.76. The zero-order chi connectivity index (χ0) is 18.3. The molecule has 2 aliphatic rings. The van der Waals surface area contributed by atoms with Gasteiger partial charge in [-0.1, -0.05) is 40.0 Å². The molecule has 2 amide bonds. The van der Waals surface area contributed by atoms with Crippen LogP contribution in [0, 0.1) is 5.41 Å². The first-order valence-electron chi connectivity index (χ1n) is 9.71. The molecule has 144 valence electrons. The molecule has 0 atom stereocenters. The summed E-state index contributed by atoms with van der Waals surface area (Å²) in [7, 11) is 0. The minimum atomic E-state index is -0.418. The van der Waals surface area contributed by atoms with Crippen LogP contribution in [0.5, 0.6) is 0 Å². The largest absolute Gasteiger partial charge is 0.379 e. The Kier molecular flexibility index (Phi) is 7.25. The Morgan fingerprint density at radius 3 is 2.28 bits per heavy atom. The predicted molar refractivity (Wildman–Crippen MR) is 98.3 cm³/mol. The number of ether oxygens (including phenoxy) is 1. The molecule has 2 N–H and O–H groups in total. The highest BCUT2D eigenvalue weighted by molar-refractivity contribution is 5.82. The van der Waals surface area contributed by atoms with Crippen LogP contribution in [0.4, 0.5) is 0 Å². The van der Waals surface area contributed by atoms with Crippen molar-refractivity contribution < 1.29 is 14.3 Å². The number of carbonyl (C=O) groups is 2. The third-order valence-electron chi connectivity index (χ3n) is 5.40. The predicted octanol–water partition coefficient (Wildman–Crippen LogP) is 1.69. The maximum absolute atomic E-state index is 12.2. The molecular formula is C19H35N3O3. The normalized spacial score (nSPS) is 21.6. The number of nitrogens with zero attached hydrogens (tertiary/aromatic N) is 1. The van der Waals surface area contributed by atoms with Crippen LogP contribution in [0.3, 0.4) is 0 Å². The van der Waals surface area contributed by atoms with Crippen molar-refractivity contribution in [3.05, 3.63) is 0 Å². The van der Waals surface area contributed by atoms with Crippen LogP contribution in [0.25, 0.3) is 0 Å². The number of carbonyl (C=O) groups excluding carboxylic acids is 2. The first-order valence-corrected chi connectivity index (χ1v) is 9.71. The smallest absolute Gasteiger partial charge is 0.225 e. The van der Waals surface area contributed by atoms with E-state index in [4.69, 9.17) is 4.74 Å². The van der Waals surface area contributed by atoms with Crippen molar-refractivity contribution in [2.24, 2.45) is 5.41 Å². The molecule has 6 nitrogen and oxygen atoms in total. The molecular weight excluding hydrogens is 318 g/mol. The molecule has 0 radical (unpaired) electrons. The monoisotopic (exact) mass is 353 g/mol. The minimum absolute atomic E-state index is 0.0163. The summed E-state index contributed by atoms with van der Waals surface area (Å²) >= 11 is 0. The maximum atomic E-state index is 12.2. The molecule has 0 aromatic rings. The molecule has 25 heavy (non-hydrogen) atoms. The summed E-state index contributed by atoms with van der Waals surface area (Å²) in [6, 6.07) is 0. The molecule has 0 aromatic carbocycles. The van der Waals surface area contributed by atoms with E-state index < -0.39 is 5.41 Å². The van der Waals surface area contributed by atoms with Gasteiger partial charge in [-0.2, -0.15) is 0 Å². The van der Waals surface area contributed by atoms with Gasteiger partial charge in [-0.15, -0.1) is 0 Å². The Morgan fingerprint density at radius 2 is 1.68 bits per heavy atom. The van der Waals surface area contributed by atoms with Crippen molar-refractivity contribution in [1.29, 1.82) is 0 Å². The van der Waals surface area contributed by atoms with Crippen LogP contribution in [0.1, 0.15) is 59.3 Å². The summed E-state index contributed by atoms with van der Waals surface area (Å²) in [5.74, 6) is 0.00443. The summed E-state index contributed by atoms with van der Waals surface area (Å²) in [4.78, 5) is 26.6. The average Bonchev–Trinajstić information content (AvgIpc) is 2.60. The van der Waals surface area contributed by atoms with Gasteiger partial charge in [0.25, 0.3) is 0 Å². The molecule has 1 aliphatic carbocycles. The highest BCUT2D eigenvalue weighted by Gasteiger charge is 2.38. The lowest BCUT2D eigenvalue weighted by molar-refractivity contribution is -0.128. The van der Waals surface area contributed by atoms with Crippen molar-refractivity contribution >= 4 is 11.8 Å². The number of nitrogens with one attached hydrogen (secondary N) is 2. The van der Waals surface area contributed by atoms with Gasteiger partial charge in [-0.05, 0) is 12.8 Å². The highest BCUT2D eigenvalue weighted by Crippen LogP contribution is 2.33. The zero-order valence-corrected chi connectivity index (χ0v) is 16.2. The number of rotatable bonds is 6. The topological polar surface area (TPSA) is 70.7 Å². The van der Waals surface area contributed by atoms with Crippen molar-refractivity contribution in [3.8, 4) is 0 Å². The number of hydrogen-bond acceptors (Lipinski definition) is 4. The van der Waals surface area contributed by atoms with Crippen LogP contribution in [-0.2, 0) is 14.3 Å². The van der Waals surface area contributed by atoms with Gasteiger partial charge in [0.2, 0.25) is 11.8 Å². The van der Waals surface area contributed by atoms with Gasteiger partial charge in [0.15, 0.2) is 0 Å². The Morgan fingerprint density at radius 1 is 1.04 bits per heavy atom. The van der Waals surface area contributed by atoms with Gasteiger partial charge >= 0.3 is 0 Å². The SMILES string of the molecule is CC(C)(C)C(=O)NCCC(=O)NCC1(N2CCOCC2)CCCCC1. The second kappa shape index (κ2) is 8.99. The first kappa shape index (κ1) is 20.2. The summed E-state index contributed by atoms with van der Waals surface area (Å²) < 4.78 is 5.49. The van der Waals surface area contributed by atoms with Gasteiger partial charge in [0, 0.05) is 43.6 Å². The van der Waals surface area contributed by atoms with E-state index in [9.17, 15) is 9.59 Å². The third kappa shape index (κ3) is 5.96. The second-order valence-electron chi connectivity index (χ2n) is 8.42. The Hall–Kier alpha value is -1.14. The highest BCUT2D eigenvalue weighted by atomic mass is 16.5. The maximum Gasteiger partial charge on any atom is 0.225 e. The van der Waals surface area contributed by atoms with E-state index in [1.807, 2.05) is 20.8 Å². The molecule has 0 aromatic heterocycles. The molecule has 0 unspecified atom stereocenters. The minimum Gasteiger partial charge on any atom is -0.379 e. The van der Waals surface area contributed by atoms with E-state index in [2.05, 4.69) is 15.5 Å². The van der Waals surface area contributed by atoms with Crippen molar-refractivity contribution in [2.45, 2.75) is 64.8 Å². The molecule has 2 rings (SSSR count). The third-order valence-corrected chi connectivity index (χ3v) is 5.40. The van der Waals surface area contributed by atoms with E-state index in [0.717, 1.165) is 39.1 Å². The van der Waals surface area contributed by atoms with E-state index in [0.29, 0.717) is 19.5 Å². The summed E-state index contributed by atoms with van der Waals surface area (Å²) in [6.45, 7) is 10.2. The Labute approximate surface area is 152 Å². The summed E-state index contributed by atoms with van der Waals surface area (Å²) in [5.41, 5.74) is -0.328. The average molecular weight is 354 g/mol. The number of amides is 2. The lowest BCUT2D eigenvalue weighted by Crippen LogP contribution is -2.59. The second-order valence-corrected chi connectivity index (χ2v) is 8.42. The first-order chi connectivity index (χ1) is 11.8. The van der Waals surface area contributed by atoms with Crippen LogP contribution in [-0.4, -0.2) is 61.6 Å². The van der Waals surface area contributed by atoms with Gasteiger partial charge < -0.3 is 15.4 Å². The summed E-state index contributed by atoms with van der Waals surface area (Å²) in [5, 5.41) is 5.97. The summed E-state index contributed by atoms with van der Waals surface area (Å²) in [6.07, 6.45) is 6.38. The van der Waals surface area contributed by atoms with Crippen LogP contribution in [0.15, 0.2) is 0 Å². The lowest BCUT2D eigenvalue weighted by atomic mass is 9.79. The van der Waals surface area contributed by atoms with E-state index in [1.165, 1.54) is 19.3 Å².